The van der Waals surface area contributed by atoms with Crippen LogP contribution in [0.3, 0.4) is 0 Å². The summed E-state index contributed by atoms with van der Waals surface area (Å²) < 4.78 is 5.32. The van der Waals surface area contributed by atoms with E-state index in [0.717, 1.165) is 5.69 Å². The van der Waals surface area contributed by atoms with Gasteiger partial charge in [-0.25, -0.2) is 0 Å². The average Bonchev–Trinajstić information content (AvgIpc) is 3.21. The molecule has 0 radical (unpaired) electrons. The van der Waals surface area contributed by atoms with Crippen molar-refractivity contribution in [1.82, 2.24) is 20.1 Å². The van der Waals surface area contributed by atoms with Gasteiger partial charge in [0.2, 0.25) is 11.8 Å². The van der Waals surface area contributed by atoms with Gasteiger partial charge < -0.3 is 9.32 Å². The van der Waals surface area contributed by atoms with E-state index < -0.39 is 0 Å². The molecule has 0 fully saturated rings. The van der Waals surface area contributed by atoms with Crippen LogP contribution in [0.1, 0.15) is 22.0 Å². The van der Waals surface area contributed by atoms with E-state index in [0.29, 0.717) is 24.2 Å². The average molecular weight is 374 g/mol. The Morgan fingerprint density at radius 2 is 2.12 bits per heavy atom. The molecule has 0 aliphatic rings. The minimum atomic E-state index is 0.0132. The first-order chi connectivity index (χ1) is 12.1. The summed E-state index contributed by atoms with van der Waals surface area (Å²) in [7, 11) is 0. The van der Waals surface area contributed by atoms with Gasteiger partial charge in [-0.15, -0.1) is 21.5 Å². The second kappa shape index (κ2) is 8.26. The number of pyridine rings is 1. The number of aryl methyl sites for hydroxylation is 2. The highest BCUT2D eigenvalue weighted by Gasteiger charge is 2.18. The van der Waals surface area contributed by atoms with Crippen LogP contribution in [-0.4, -0.2) is 31.7 Å². The molecule has 130 valence electrons. The van der Waals surface area contributed by atoms with E-state index in [9.17, 15) is 4.79 Å². The van der Waals surface area contributed by atoms with Gasteiger partial charge in [-0.05, 0) is 36.1 Å². The van der Waals surface area contributed by atoms with Crippen molar-refractivity contribution in [1.29, 1.82) is 0 Å². The number of aromatic nitrogens is 3. The zero-order valence-electron chi connectivity index (χ0n) is 14.0. The summed E-state index contributed by atoms with van der Waals surface area (Å²) in [4.78, 5) is 20.1. The molecular weight excluding hydrogens is 356 g/mol. The molecule has 25 heavy (non-hydrogen) atoms. The van der Waals surface area contributed by atoms with Crippen LogP contribution in [-0.2, 0) is 17.9 Å². The van der Waals surface area contributed by atoms with Gasteiger partial charge in [0.05, 0.1) is 24.5 Å². The molecule has 8 heteroatoms. The number of amides is 1. The molecule has 0 N–H and O–H groups in total. The lowest BCUT2D eigenvalue weighted by molar-refractivity contribution is -0.129. The second-order valence-electron chi connectivity index (χ2n) is 5.47. The Labute approximate surface area is 154 Å². The SMILES string of the molecule is Cc1nnc(SCC(=O)N(Cc2ccccn2)Cc2sccc2C)o1. The Hall–Kier alpha value is -2.19. The molecule has 3 heterocycles. The Kier molecular flexibility index (Phi) is 5.83. The van der Waals surface area contributed by atoms with Crippen LogP contribution in [0.25, 0.3) is 0 Å². The maximum atomic E-state index is 12.8. The van der Waals surface area contributed by atoms with E-state index in [1.54, 1.807) is 24.5 Å². The summed E-state index contributed by atoms with van der Waals surface area (Å²) in [6.45, 7) is 4.83. The highest BCUT2D eigenvalue weighted by atomic mass is 32.2. The summed E-state index contributed by atoms with van der Waals surface area (Å²) in [5.74, 6) is 0.757. The largest absolute Gasteiger partial charge is 0.416 e. The number of carbonyl (C=O) groups excluding carboxylic acids is 1. The molecule has 0 spiro atoms. The highest BCUT2D eigenvalue weighted by molar-refractivity contribution is 7.99. The van der Waals surface area contributed by atoms with Gasteiger partial charge in [0.1, 0.15) is 0 Å². The summed E-state index contributed by atoms with van der Waals surface area (Å²) in [6.07, 6.45) is 1.74. The van der Waals surface area contributed by atoms with Gasteiger partial charge in [-0.1, -0.05) is 17.8 Å². The predicted octanol–water partition coefficient (Wildman–Crippen LogP) is 3.46. The molecule has 3 aromatic rings. The van der Waals surface area contributed by atoms with Crippen molar-refractivity contribution in [3.63, 3.8) is 0 Å². The molecule has 6 nitrogen and oxygen atoms in total. The molecular formula is C17H18N4O2S2. The maximum absolute atomic E-state index is 12.8. The molecule has 0 aliphatic heterocycles. The van der Waals surface area contributed by atoms with Crippen molar-refractivity contribution < 1.29 is 9.21 Å². The summed E-state index contributed by atoms with van der Waals surface area (Å²) >= 11 is 2.92. The fraction of sp³-hybridized carbons (Fsp3) is 0.294. The molecule has 0 saturated heterocycles. The molecule has 0 aromatic carbocycles. The molecule has 0 saturated carbocycles. The number of thioether (sulfide) groups is 1. The van der Waals surface area contributed by atoms with Crippen LogP contribution in [0.4, 0.5) is 0 Å². The van der Waals surface area contributed by atoms with Gasteiger partial charge in [0, 0.05) is 18.0 Å². The van der Waals surface area contributed by atoms with E-state index >= 15 is 0 Å². The lowest BCUT2D eigenvalue weighted by Crippen LogP contribution is -2.31. The van der Waals surface area contributed by atoms with Gasteiger partial charge in [-0.2, -0.15) is 0 Å². The topological polar surface area (TPSA) is 72.1 Å². The van der Waals surface area contributed by atoms with Gasteiger partial charge in [-0.3, -0.25) is 9.78 Å². The van der Waals surface area contributed by atoms with E-state index in [2.05, 4.69) is 28.2 Å². The smallest absolute Gasteiger partial charge is 0.277 e. The number of carbonyl (C=O) groups is 1. The lowest BCUT2D eigenvalue weighted by atomic mass is 10.2. The van der Waals surface area contributed by atoms with E-state index in [4.69, 9.17) is 4.42 Å². The molecule has 0 bridgehead atoms. The Bertz CT molecular complexity index is 832. The zero-order chi connectivity index (χ0) is 17.6. The van der Waals surface area contributed by atoms with Crippen LogP contribution >= 0.6 is 23.1 Å². The first kappa shape index (κ1) is 17.6. The predicted molar refractivity (Wildman–Crippen MR) is 97.3 cm³/mol. The summed E-state index contributed by atoms with van der Waals surface area (Å²) in [5.41, 5.74) is 2.06. The Morgan fingerprint density at radius 1 is 1.24 bits per heavy atom. The lowest BCUT2D eigenvalue weighted by Gasteiger charge is -2.22. The number of nitrogens with zero attached hydrogens (tertiary/aromatic N) is 4. The number of hydrogen-bond acceptors (Lipinski definition) is 7. The fourth-order valence-corrected chi connectivity index (χ4v) is 3.84. The van der Waals surface area contributed by atoms with E-state index in [1.807, 2.05) is 28.5 Å². The van der Waals surface area contributed by atoms with Crippen LogP contribution in [0.5, 0.6) is 0 Å². The quantitative estimate of drug-likeness (QED) is 0.590. The van der Waals surface area contributed by atoms with Crippen LogP contribution in [0, 0.1) is 13.8 Å². The maximum Gasteiger partial charge on any atom is 0.277 e. The van der Waals surface area contributed by atoms with Crippen molar-refractivity contribution in [3.8, 4) is 0 Å². The number of hydrogen-bond donors (Lipinski definition) is 0. The molecule has 1 amide bonds. The minimum Gasteiger partial charge on any atom is -0.416 e. The van der Waals surface area contributed by atoms with Gasteiger partial charge >= 0.3 is 0 Å². The third-order valence-corrected chi connectivity index (χ3v) is 5.37. The molecule has 0 unspecified atom stereocenters. The van der Waals surface area contributed by atoms with Crippen molar-refractivity contribution in [3.05, 3.63) is 57.9 Å². The zero-order valence-corrected chi connectivity index (χ0v) is 15.6. The normalized spacial score (nSPS) is 10.8. The Morgan fingerprint density at radius 3 is 2.76 bits per heavy atom. The second-order valence-corrected chi connectivity index (χ2v) is 7.40. The van der Waals surface area contributed by atoms with Crippen LogP contribution in [0.15, 0.2) is 45.5 Å². The van der Waals surface area contributed by atoms with E-state index in [1.165, 1.54) is 22.2 Å². The molecule has 0 atom stereocenters. The summed E-state index contributed by atoms with van der Waals surface area (Å²) in [5, 5.41) is 10.2. The van der Waals surface area contributed by atoms with Crippen molar-refractivity contribution in [2.75, 3.05) is 5.75 Å². The van der Waals surface area contributed by atoms with Crippen LogP contribution < -0.4 is 0 Å². The third-order valence-electron chi connectivity index (χ3n) is 3.56. The van der Waals surface area contributed by atoms with Gasteiger partial charge in [0.15, 0.2) is 0 Å². The van der Waals surface area contributed by atoms with Crippen LogP contribution in [0.2, 0.25) is 0 Å². The first-order valence-corrected chi connectivity index (χ1v) is 9.62. The third kappa shape index (κ3) is 4.90. The fourth-order valence-electron chi connectivity index (χ4n) is 2.21. The van der Waals surface area contributed by atoms with Crippen molar-refractivity contribution in [2.45, 2.75) is 32.2 Å². The first-order valence-electron chi connectivity index (χ1n) is 7.75. The summed E-state index contributed by atoms with van der Waals surface area (Å²) in [6, 6.07) is 7.79. The molecule has 0 aliphatic carbocycles. The van der Waals surface area contributed by atoms with Gasteiger partial charge in [0.25, 0.3) is 5.22 Å². The Balaban J connectivity index is 1.70. The number of rotatable bonds is 7. The number of thiophene rings is 1. The van der Waals surface area contributed by atoms with Crippen molar-refractivity contribution >= 4 is 29.0 Å². The molecule has 3 rings (SSSR count). The van der Waals surface area contributed by atoms with Crippen molar-refractivity contribution in [2.24, 2.45) is 0 Å². The standard InChI is InChI=1S/C17H18N4O2S2/c1-12-6-8-24-15(12)10-21(9-14-5-3-4-7-18-14)16(22)11-25-17-20-19-13(2)23-17/h3-8H,9-11H2,1-2H3. The minimum absolute atomic E-state index is 0.0132. The monoisotopic (exact) mass is 374 g/mol. The molecule has 3 aromatic heterocycles. The highest BCUT2D eigenvalue weighted by Crippen LogP contribution is 2.21. The van der Waals surface area contributed by atoms with E-state index in [-0.39, 0.29) is 11.7 Å².